The number of ether oxygens (including phenoxy) is 1. The highest BCUT2D eigenvalue weighted by molar-refractivity contribution is 9.10. The van der Waals surface area contributed by atoms with E-state index >= 15 is 0 Å². The molecule has 0 amide bonds. The van der Waals surface area contributed by atoms with Gasteiger partial charge in [0.25, 0.3) is 5.56 Å². The second kappa shape index (κ2) is 7.25. The van der Waals surface area contributed by atoms with Crippen LogP contribution < -0.4 is 16.1 Å². The van der Waals surface area contributed by atoms with Crippen molar-refractivity contribution in [2.45, 2.75) is 6.61 Å². The lowest BCUT2D eigenvalue weighted by atomic mass is 10.2. The fraction of sp³-hybridized carbons (Fsp3) is 0.0476. The molecule has 2 N–H and O–H groups in total. The van der Waals surface area contributed by atoms with Gasteiger partial charge in [-0.25, -0.2) is 9.66 Å². The van der Waals surface area contributed by atoms with E-state index in [1.54, 1.807) is 18.2 Å². The van der Waals surface area contributed by atoms with Crippen molar-refractivity contribution >= 4 is 26.8 Å². The minimum absolute atomic E-state index is 0.273. The topological polar surface area (TPSA) is 70.1 Å². The maximum Gasteiger partial charge on any atom is 0.280 e. The molecule has 0 aliphatic rings. The van der Waals surface area contributed by atoms with E-state index in [9.17, 15) is 4.79 Å². The van der Waals surface area contributed by atoms with Crippen LogP contribution in [0.5, 0.6) is 5.75 Å². The smallest absolute Gasteiger partial charge is 0.280 e. The van der Waals surface area contributed by atoms with Crippen molar-refractivity contribution in [1.82, 2.24) is 9.66 Å². The Morgan fingerprint density at radius 2 is 1.78 bits per heavy atom. The minimum Gasteiger partial charge on any atom is -0.489 e. The molecule has 6 heteroatoms. The van der Waals surface area contributed by atoms with Crippen molar-refractivity contribution in [2.24, 2.45) is 0 Å². The quantitative estimate of drug-likeness (QED) is 0.503. The lowest BCUT2D eigenvalue weighted by Gasteiger charge is -2.10. The lowest BCUT2D eigenvalue weighted by molar-refractivity contribution is 0.306. The van der Waals surface area contributed by atoms with Gasteiger partial charge in [-0.2, -0.15) is 0 Å². The number of benzene rings is 3. The van der Waals surface area contributed by atoms with E-state index in [0.717, 1.165) is 26.0 Å². The number of nitrogen functional groups attached to an aromatic ring is 1. The second-order valence-electron chi connectivity index (χ2n) is 6.07. The van der Waals surface area contributed by atoms with Crippen molar-refractivity contribution in [3.8, 4) is 17.1 Å². The molecule has 0 spiro atoms. The Labute approximate surface area is 164 Å². The van der Waals surface area contributed by atoms with Crippen LogP contribution in [0.15, 0.2) is 82.1 Å². The molecular formula is C21H16BrN3O2. The van der Waals surface area contributed by atoms with Gasteiger partial charge in [0.1, 0.15) is 12.4 Å². The molecule has 0 radical (unpaired) electrons. The van der Waals surface area contributed by atoms with Crippen LogP contribution >= 0.6 is 15.9 Å². The van der Waals surface area contributed by atoms with Crippen LogP contribution in [0, 0.1) is 0 Å². The number of nitrogens with zero attached hydrogens (tertiary/aromatic N) is 2. The summed E-state index contributed by atoms with van der Waals surface area (Å²) < 4.78 is 7.92. The SMILES string of the molecule is Nn1c(-c2ccc(OCc3cccc(Br)c3)cc2)nc2ccccc2c1=O. The van der Waals surface area contributed by atoms with E-state index in [1.807, 2.05) is 54.6 Å². The van der Waals surface area contributed by atoms with E-state index in [1.165, 1.54) is 0 Å². The van der Waals surface area contributed by atoms with Gasteiger partial charge in [-0.3, -0.25) is 4.79 Å². The Bertz CT molecular complexity index is 1170. The number of aromatic nitrogens is 2. The van der Waals surface area contributed by atoms with Crippen LogP contribution in [-0.2, 0) is 6.61 Å². The second-order valence-corrected chi connectivity index (χ2v) is 6.99. The van der Waals surface area contributed by atoms with Crippen molar-refractivity contribution < 1.29 is 4.74 Å². The maximum atomic E-state index is 12.4. The van der Waals surface area contributed by atoms with Crippen molar-refractivity contribution in [3.63, 3.8) is 0 Å². The highest BCUT2D eigenvalue weighted by Crippen LogP contribution is 2.22. The molecule has 0 aliphatic heterocycles. The lowest BCUT2D eigenvalue weighted by Crippen LogP contribution is -2.29. The van der Waals surface area contributed by atoms with Gasteiger partial charge in [0, 0.05) is 10.0 Å². The molecule has 0 unspecified atom stereocenters. The molecule has 4 aromatic rings. The van der Waals surface area contributed by atoms with Crippen LogP contribution in [-0.4, -0.2) is 9.66 Å². The Balaban J connectivity index is 1.60. The molecule has 0 aliphatic carbocycles. The third-order valence-electron chi connectivity index (χ3n) is 4.21. The van der Waals surface area contributed by atoms with Crippen LogP contribution in [0.2, 0.25) is 0 Å². The summed E-state index contributed by atoms with van der Waals surface area (Å²) in [6.07, 6.45) is 0. The van der Waals surface area contributed by atoms with Crippen LogP contribution in [0.3, 0.4) is 0 Å². The average Bonchev–Trinajstić information content (AvgIpc) is 2.70. The summed E-state index contributed by atoms with van der Waals surface area (Å²) in [6, 6.07) is 22.5. The first-order valence-corrected chi connectivity index (χ1v) is 9.16. The highest BCUT2D eigenvalue weighted by Gasteiger charge is 2.10. The summed E-state index contributed by atoms with van der Waals surface area (Å²) in [5.41, 5.74) is 2.16. The third kappa shape index (κ3) is 3.57. The van der Waals surface area contributed by atoms with E-state index in [4.69, 9.17) is 10.6 Å². The summed E-state index contributed by atoms with van der Waals surface area (Å²) in [5, 5.41) is 0.498. The molecule has 0 saturated heterocycles. The zero-order valence-corrected chi connectivity index (χ0v) is 15.9. The summed E-state index contributed by atoms with van der Waals surface area (Å²) in [6.45, 7) is 0.467. The molecule has 0 atom stereocenters. The fourth-order valence-corrected chi connectivity index (χ4v) is 3.29. The minimum atomic E-state index is -0.273. The Morgan fingerprint density at radius 1 is 1.00 bits per heavy atom. The Kier molecular flexibility index (Phi) is 4.64. The van der Waals surface area contributed by atoms with Gasteiger partial charge in [-0.1, -0.05) is 40.2 Å². The number of rotatable bonds is 4. The van der Waals surface area contributed by atoms with Crippen LogP contribution in [0.1, 0.15) is 5.56 Å². The van der Waals surface area contributed by atoms with Gasteiger partial charge in [0.2, 0.25) is 0 Å². The molecule has 1 aromatic heterocycles. The molecule has 4 rings (SSSR count). The fourth-order valence-electron chi connectivity index (χ4n) is 2.84. The van der Waals surface area contributed by atoms with Gasteiger partial charge in [-0.15, -0.1) is 0 Å². The number of hydrogen-bond donors (Lipinski definition) is 1. The van der Waals surface area contributed by atoms with E-state index < -0.39 is 0 Å². The van der Waals surface area contributed by atoms with Gasteiger partial charge in [0.15, 0.2) is 5.82 Å². The first kappa shape index (κ1) is 17.3. The maximum absolute atomic E-state index is 12.4. The number of halogens is 1. The van der Waals surface area contributed by atoms with Gasteiger partial charge < -0.3 is 10.6 Å². The van der Waals surface area contributed by atoms with E-state index in [-0.39, 0.29) is 5.56 Å². The van der Waals surface area contributed by atoms with Crippen LogP contribution in [0.4, 0.5) is 0 Å². The van der Waals surface area contributed by atoms with Crippen LogP contribution in [0.25, 0.3) is 22.3 Å². The first-order chi connectivity index (χ1) is 13.1. The number of para-hydroxylation sites is 1. The predicted molar refractivity (Wildman–Crippen MR) is 110 cm³/mol. The van der Waals surface area contributed by atoms with E-state index in [2.05, 4.69) is 20.9 Å². The molecule has 0 bridgehead atoms. The first-order valence-electron chi connectivity index (χ1n) is 8.36. The van der Waals surface area contributed by atoms with E-state index in [0.29, 0.717) is 23.3 Å². The normalized spacial score (nSPS) is 10.9. The number of hydrogen-bond acceptors (Lipinski definition) is 4. The number of nitrogens with two attached hydrogens (primary N) is 1. The Morgan fingerprint density at radius 3 is 2.56 bits per heavy atom. The predicted octanol–water partition coefficient (Wildman–Crippen LogP) is 4.12. The molecule has 27 heavy (non-hydrogen) atoms. The molecular weight excluding hydrogens is 406 g/mol. The molecule has 1 heterocycles. The third-order valence-corrected chi connectivity index (χ3v) is 4.71. The summed E-state index contributed by atoms with van der Waals surface area (Å²) in [7, 11) is 0. The summed E-state index contributed by atoms with van der Waals surface area (Å²) in [5.74, 6) is 7.11. The molecule has 3 aromatic carbocycles. The van der Waals surface area contributed by atoms with Crippen molar-refractivity contribution in [1.29, 1.82) is 0 Å². The zero-order chi connectivity index (χ0) is 18.8. The molecule has 0 saturated carbocycles. The molecule has 134 valence electrons. The van der Waals surface area contributed by atoms with Gasteiger partial charge >= 0.3 is 0 Å². The summed E-state index contributed by atoms with van der Waals surface area (Å²) >= 11 is 3.45. The highest BCUT2D eigenvalue weighted by atomic mass is 79.9. The largest absolute Gasteiger partial charge is 0.489 e. The van der Waals surface area contributed by atoms with Gasteiger partial charge in [0.05, 0.1) is 10.9 Å². The zero-order valence-electron chi connectivity index (χ0n) is 14.3. The molecule has 0 fully saturated rings. The Hall–Kier alpha value is -3.12. The number of fused-ring (bicyclic) bond motifs is 1. The van der Waals surface area contributed by atoms with Gasteiger partial charge in [-0.05, 0) is 54.1 Å². The van der Waals surface area contributed by atoms with Crippen molar-refractivity contribution in [2.75, 3.05) is 5.84 Å². The summed E-state index contributed by atoms with van der Waals surface area (Å²) in [4.78, 5) is 17.0. The van der Waals surface area contributed by atoms with Crippen molar-refractivity contribution in [3.05, 3.63) is 93.2 Å². The monoisotopic (exact) mass is 421 g/mol. The standard InChI is InChI=1S/C21H16BrN3O2/c22-16-5-3-4-14(12-16)13-27-17-10-8-15(9-11-17)20-24-19-7-2-1-6-18(19)21(26)25(20)23/h1-12H,13,23H2. The molecule has 5 nitrogen and oxygen atoms in total. The average molecular weight is 422 g/mol.